The fraction of sp³-hybridized carbons (Fsp3) is 0.643. The Morgan fingerprint density at radius 1 is 0.838 bits per heavy atom. The van der Waals surface area contributed by atoms with E-state index in [0.29, 0.717) is 12.0 Å². The lowest BCUT2D eigenvalue weighted by atomic mass is 9.88. The van der Waals surface area contributed by atoms with Gasteiger partial charge in [-0.05, 0) is 65.7 Å². The van der Waals surface area contributed by atoms with Crippen LogP contribution in [-0.2, 0) is 35.1 Å². The molecule has 0 aliphatic carbocycles. The van der Waals surface area contributed by atoms with Crippen LogP contribution in [0.1, 0.15) is 86.1 Å². The third kappa shape index (κ3) is 10.5. The van der Waals surface area contributed by atoms with Gasteiger partial charge in [0.15, 0.2) is 11.5 Å². The molecule has 9 heteroatoms. The van der Waals surface area contributed by atoms with Crippen LogP contribution in [0.4, 0.5) is 0 Å². The first-order valence-corrected chi connectivity index (χ1v) is 12.6. The SMILES string of the molecule is CCCCCC(=O)OCC[C@@](N)(Cc1ccc(OC(=O)C(C)(C)C)c(OC(=O)C(C)(C)C)c1)C(=O)OC. The molecule has 0 amide bonds. The highest BCUT2D eigenvalue weighted by molar-refractivity contribution is 5.82. The number of unbranched alkanes of at least 4 members (excludes halogenated alkanes) is 2. The van der Waals surface area contributed by atoms with E-state index in [4.69, 9.17) is 24.7 Å². The Labute approximate surface area is 220 Å². The van der Waals surface area contributed by atoms with E-state index in [1.165, 1.54) is 19.2 Å². The number of hydrogen-bond acceptors (Lipinski definition) is 9. The molecule has 0 radical (unpaired) electrons. The molecule has 0 saturated heterocycles. The van der Waals surface area contributed by atoms with Gasteiger partial charge in [0.05, 0.1) is 24.5 Å². The molecule has 0 aromatic heterocycles. The number of carbonyl (C=O) groups is 4. The Morgan fingerprint density at radius 3 is 1.92 bits per heavy atom. The molecule has 1 aromatic rings. The predicted octanol–water partition coefficient (Wildman–Crippen LogP) is 4.52. The first-order chi connectivity index (χ1) is 17.0. The maximum Gasteiger partial charge on any atom is 0.326 e. The molecule has 0 unspecified atom stereocenters. The molecule has 1 atom stereocenters. The molecular formula is C28H43NO8. The van der Waals surface area contributed by atoms with E-state index in [1.54, 1.807) is 47.6 Å². The Hall–Kier alpha value is -2.94. The summed E-state index contributed by atoms with van der Waals surface area (Å²) in [4.78, 5) is 49.6. The van der Waals surface area contributed by atoms with Crippen molar-refractivity contribution in [3.05, 3.63) is 23.8 Å². The number of hydrogen-bond donors (Lipinski definition) is 1. The lowest BCUT2D eigenvalue weighted by Crippen LogP contribution is -2.51. The molecule has 0 saturated carbocycles. The number of methoxy groups -OCH3 is 1. The van der Waals surface area contributed by atoms with Gasteiger partial charge < -0.3 is 24.7 Å². The zero-order valence-corrected chi connectivity index (χ0v) is 23.5. The average Bonchev–Trinajstić information content (AvgIpc) is 2.78. The Balaban J connectivity index is 3.18. The minimum atomic E-state index is -1.51. The average molecular weight is 522 g/mol. The van der Waals surface area contributed by atoms with Crippen LogP contribution in [0.3, 0.4) is 0 Å². The van der Waals surface area contributed by atoms with Gasteiger partial charge in [-0.15, -0.1) is 0 Å². The zero-order chi connectivity index (χ0) is 28.4. The fourth-order valence-electron chi connectivity index (χ4n) is 3.10. The van der Waals surface area contributed by atoms with E-state index >= 15 is 0 Å². The predicted molar refractivity (Wildman–Crippen MR) is 139 cm³/mol. The topological polar surface area (TPSA) is 131 Å². The van der Waals surface area contributed by atoms with Crippen molar-refractivity contribution < 1.29 is 38.1 Å². The number of esters is 4. The monoisotopic (exact) mass is 521 g/mol. The summed E-state index contributed by atoms with van der Waals surface area (Å²) in [5.74, 6) is -1.95. The van der Waals surface area contributed by atoms with Crippen LogP contribution in [0, 0.1) is 10.8 Å². The van der Waals surface area contributed by atoms with Gasteiger partial charge in [0, 0.05) is 19.3 Å². The van der Waals surface area contributed by atoms with E-state index in [-0.39, 0.29) is 36.9 Å². The second-order valence-electron chi connectivity index (χ2n) is 11.3. The highest BCUT2D eigenvalue weighted by Gasteiger charge is 2.36. The molecule has 9 nitrogen and oxygen atoms in total. The van der Waals surface area contributed by atoms with Gasteiger partial charge >= 0.3 is 23.9 Å². The summed E-state index contributed by atoms with van der Waals surface area (Å²) in [5, 5.41) is 0. The van der Waals surface area contributed by atoms with Crippen molar-refractivity contribution in [1.29, 1.82) is 0 Å². The standard InChI is InChI=1S/C28H43NO8/c1-9-10-11-12-22(30)35-16-15-28(29,25(33)34-8)18-19-13-14-20(36-23(31)26(2,3)4)21(17-19)37-24(32)27(5,6)7/h13-14,17H,9-12,15-16,18,29H2,1-8H3/t28-/m1/s1. The number of carbonyl (C=O) groups excluding carboxylic acids is 4. The summed E-state index contributed by atoms with van der Waals surface area (Å²) >= 11 is 0. The van der Waals surface area contributed by atoms with Gasteiger partial charge in [-0.2, -0.15) is 0 Å². The van der Waals surface area contributed by atoms with Crippen molar-refractivity contribution in [2.75, 3.05) is 13.7 Å². The van der Waals surface area contributed by atoms with Crippen LogP contribution in [0.15, 0.2) is 18.2 Å². The number of rotatable bonds is 12. The van der Waals surface area contributed by atoms with E-state index in [0.717, 1.165) is 19.3 Å². The summed E-state index contributed by atoms with van der Waals surface area (Å²) < 4.78 is 21.3. The molecule has 208 valence electrons. The molecule has 0 bridgehead atoms. The van der Waals surface area contributed by atoms with Gasteiger partial charge in [0.25, 0.3) is 0 Å². The Morgan fingerprint density at radius 2 is 1.41 bits per heavy atom. The summed E-state index contributed by atoms with van der Waals surface area (Å²) in [5.41, 5.74) is 3.86. The highest BCUT2D eigenvalue weighted by Crippen LogP contribution is 2.33. The lowest BCUT2D eigenvalue weighted by molar-refractivity contribution is -0.151. The second-order valence-corrected chi connectivity index (χ2v) is 11.3. The first kappa shape index (κ1) is 32.1. The van der Waals surface area contributed by atoms with Gasteiger partial charge in [-0.1, -0.05) is 25.8 Å². The summed E-state index contributed by atoms with van der Waals surface area (Å²) in [6.07, 6.45) is 2.99. The van der Waals surface area contributed by atoms with Crippen molar-refractivity contribution in [2.24, 2.45) is 16.6 Å². The van der Waals surface area contributed by atoms with E-state index in [1.807, 2.05) is 6.92 Å². The minimum Gasteiger partial charge on any atom is -0.468 e. The van der Waals surface area contributed by atoms with Crippen LogP contribution >= 0.6 is 0 Å². The van der Waals surface area contributed by atoms with Crippen molar-refractivity contribution in [3.8, 4) is 11.5 Å². The second kappa shape index (κ2) is 13.6. The summed E-state index contributed by atoms with van der Waals surface area (Å²) in [7, 11) is 1.23. The van der Waals surface area contributed by atoms with Crippen molar-refractivity contribution in [1.82, 2.24) is 0 Å². The Kier molecular flexibility index (Phi) is 11.8. The van der Waals surface area contributed by atoms with Gasteiger partial charge in [-0.25, -0.2) is 0 Å². The minimum absolute atomic E-state index is 0.000619. The quantitative estimate of drug-likeness (QED) is 0.240. The van der Waals surface area contributed by atoms with Gasteiger partial charge in [0.1, 0.15) is 5.54 Å². The molecule has 37 heavy (non-hydrogen) atoms. The van der Waals surface area contributed by atoms with Gasteiger partial charge in [0.2, 0.25) is 0 Å². The molecular weight excluding hydrogens is 478 g/mol. The largest absolute Gasteiger partial charge is 0.468 e. The molecule has 1 rings (SSSR count). The maximum atomic E-state index is 12.6. The molecule has 2 N–H and O–H groups in total. The van der Waals surface area contributed by atoms with E-state index in [9.17, 15) is 19.2 Å². The number of nitrogens with two attached hydrogens (primary N) is 1. The third-order valence-electron chi connectivity index (χ3n) is 5.55. The van der Waals surface area contributed by atoms with Crippen molar-refractivity contribution in [3.63, 3.8) is 0 Å². The van der Waals surface area contributed by atoms with Crippen LogP contribution < -0.4 is 15.2 Å². The van der Waals surface area contributed by atoms with E-state index in [2.05, 4.69) is 0 Å². The zero-order valence-electron chi connectivity index (χ0n) is 23.5. The third-order valence-corrected chi connectivity index (χ3v) is 5.55. The molecule has 0 spiro atoms. The smallest absolute Gasteiger partial charge is 0.326 e. The number of ether oxygens (including phenoxy) is 4. The summed E-state index contributed by atoms with van der Waals surface area (Å²) in [6.45, 7) is 12.2. The maximum absolute atomic E-state index is 12.6. The number of benzene rings is 1. The van der Waals surface area contributed by atoms with Gasteiger partial charge in [-0.3, -0.25) is 19.2 Å². The normalized spacial score (nSPS) is 13.3. The van der Waals surface area contributed by atoms with Crippen LogP contribution in [0.25, 0.3) is 0 Å². The molecule has 0 aliphatic heterocycles. The molecule has 0 heterocycles. The van der Waals surface area contributed by atoms with Crippen LogP contribution in [0.5, 0.6) is 11.5 Å². The van der Waals surface area contributed by atoms with Crippen LogP contribution in [-0.4, -0.2) is 43.1 Å². The fourth-order valence-corrected chi connectivity index (χ4v) is 3.10. The van der Waals surface area contributed by atoms with E-state index < -0.39 is 34.3 Å². The Bertz CT molecular complexity index is 958. The van der Waals surface area contributed by atoms with Crippen molar-refractivity contribution >= 4 is 23.9 Å². The molecule has 0 aliphatic rings. The molecule has 1 aromatic carbocycles. The first-order valence-electron chi connectivity index (χ1n) is 12.6. The summed E-state index contributed by atoms with van der Waals surface area (Å²) in [6, 6.07) is 4.63. The van der Waals surface area contributed by atoms with Crippen molar-refractivity contribution in [2.45, 2.75) is 92.5 Å². The highest BCUT2D eigenvalue weighted by atomic mass is 16.6. The van der Waals surface area contributed by atoms with Crippen LogP contribution in [0.2, 0.25) is 0 Å². The lowest BCUT2D eigenvalue weighted by Gasteiger charge is -2.27. The molecule has 0 fully saturated rings.